The number of hydrogen-bond acceptors (Lipinski definition) is 8. The number of carbonyl (C=O) groups is 1. The van der Waals surface area contributed by atoms with Crippen LogP contribution in [0.4, 0.5) is 5.13 Å². The Kier molecular flexibility index (Phi) is 5.72. The molecule has 2 aromatic heterocycles. The number of H-pyrrole nitrogens is 1. The largest absolute Gasteiger partial charge is 0.481 e. The second-order valence-corrected chi connectivity index (χ2v) is 7.28. The average Bonchev–Trinajstić information content (AvgIpc) is 2.95. The highest BCUT2D eigenvalue weighted by Crippen LogP contribution is 2.24. The quantitative estimate of drug-likeness (QED) is 0.601. The van der Waals surface area contributed by atoms with E-state index in [2.05, 4.69) is 25.5 Å². The number of amides is 1. The number of methoxy groups -OCH3 is 1. The van der Waals surface area contributed by atoms with Gasteiger partial charge in [0.25, 0.3) is 5.56 Å². The molecule has 1 unspecified atom stereocenters. The lowest BCUT2D eigenvalue weighted by Gasteiger charge is -2.09. The first kappa shape index (κ1) is 17.4. The van der Waals surface area contributed by atoms with E-state index in [0.717, 1.165) is 16.8 Å². The highest BCUT2D eigenvalue weighted by Gasteiger charge is 2.18. The summed E-state index contributed by atoms with van der Waals surface area (Å²) in [5, 5.41) is 11.8. The zero-order chi connectivity index (χ0) is 17.0. The van der Waals surface area contributed by atoms with Crippen molar-refractivity contribution in [1.29, 1.82) is 0 Å². The van der Waals surface area contributed by atoms with Gasteiger partial charge in [-0.1, -0.05) is 36.9 Å². The Labute approximate surface area is 141 Å². The predicted octanol–water partition coefficient (Wildman–Crippen LogP) is 1.87. The van der Waals surface area contributed by atoms with Crippen LogP contribution in [0.5, 0.6) is 5.88 Å². The van der Waals surface area contributed by atoms with E-state index in [1.54, 1.807) is 6.92 Å². The molecule has 2 N–H and O–H groups in total. The van der Waals surface area contributed by atoms with E-state index in [1.807, 2.05) is 13.8 Å². The Morgan fingerprint density at radius 1 is 1.39 bits per heavy atom. The number of aromatic nitrogens is 4. The molecule has 23 heavy (non-hydrogen) atoms. The topological polar surface area (TPSA) is 110 Å². The van der Waals surface area contributed by atoms with Crippen molar-refractivity contribution < 1.29 is 9.53 Å². The highest BCUT2D eigenvalue weighted by molar-refractivity contribution is 8.00. The molecule has 0 saturated carbocycles. The SMILES string of the molecule is COc1cc(=O)[nH]c(SC(C)C(=O)Nc2nnc(C(C)C)s2)n1. The summed E-state index contributed by atoms with van der Waals surface area (Å²) < 4.78 is 4.94. The fraction of sp³-hybridized carbons (Fsp3) is 0.462. The smallest absolute Gasteiger partial charge is 0.255 e. The van der Waals surface area contributed by atoms with Gasteiger partial charge in [-0.2, -0.15) is 4.98 Å². The van der Waals surface area contributed by atoms with Crippen molar-refractivity contribution in [2.75, 3.05) is 12.4 Å². The monoisotopic (exact) mass is 355 g/mol. The Hall–Kier alpha value is -1.94. The van der Waals surface area contributed by atoms with Gasteiger partial charge in [0.2, 0.25) is 16.9 Å². The van der Waals surface area contributed by atoms with Crippen LogP contribution >= 0.6 is 23.1 Å². The molecule has 1 atom stereocenters. The molecule has 0 aliphatic rings. The molecule has 8 nitrogen and oxygen atoms in total. The summed E-state index contributed by atoms with van der Waals surface area (Å²) in [5.74, 6) is 0.220. The first-order valence-electron chi connectivity index (χ1n) is 6.85. The van der Waals surface area contributed by atoms with Crippen molar-refractivity contribution in [3.63, 3.8) is 0 Å². The highest BCUT2D eigenvalue weighted by atomic mass is 32.2. The Balaban J connectivity index is 2.02. The van der Waals surface area contributed by atoms with Gasteiger partial charge in [-0.3, -0.25) is 14.9 Å². The molecular formula is C13H17N5O3S2. The third kappa shape index (κ3) is 4.76. The maximum Gasteiger partial charge on any atom is 0.255 e. The van der Waals surface area contributed by atoms with Gasteiger partial charge in [0, 0.05) is 5.92 Å². The number of hydrogen-bond donors (Lipinski definition) is 2. The predicted molar refractivity (Wildman–Crippen MR) is 89.4 cm³/mol. The molecule has 0 spiro atoms. The average molecular weight is 355 g/mol. The molecule has 0 aliphatic carbocycles. The molecule has 0 radical (unpaired) electrons. The van der Waals surface area contributed by atoms with Crippen LogP contribution in [0.15, 0.2) is 16.0 Å². The van der Waals surface area contributed by atoms with E-state index in [1.165, 1.54) is 24.5 Å². The van der Waals surface area contributed by atoms with Gasteiger partial charge in [0.15, 0.2) is 5.16 Å². The molecule has 2 aromatic rings. The lowest BCUT2D eigenvalue weighted by atomic mass is 10.2. The van der Waals surface area contributed by atoms with E-state index < -0.39 is 5.25 Å². The lowest BCUT2D eigenvalue weighted by molar-refractivity contribution is -0.115. The fourth-order valence-corrected chi connectivity index (χ4v) is 3.07. The van der Waals surface area contributed by atoms with E-state index in [9.17, 15) is 9.59 Å². The minimum absolute atomic E-state index is 0.203. The molecule has 0 saturated heterocycles. The second kappa shape index (κ2) is 7.55. The van der Waals surface area contributed by atoms with Gasteiger partial charge in [-0.05, 0) is 6.92 Å². The second-order valence-electron chi connectivity index (χ2n) is 4.94. The van der Waals surface area contributed by atoms with Crippen LogP contribution in [-0.2, 0) is 4.79 Å². The van der Waals surface area contributed by atoms with E-state index >= 15 is 0 Å². The molecule has 10 heteroatoms. The van der Waals surface area contributed by atoms with Gasteiger partial charge in [0.1, 0.15) is 5.01 Å². The number of aromatic amines is 1. The number of carbonyl (C=O) groups excluding carboxylic acids is 1. The van der Waals surface area contributed by atoms with Crippen LogP contribution < -0.4 is 15.6 Å². The fourth-order valence-electron chi connectivity index (χ4n) is 1.52. The maximum atomic E-state index is 12.2. The normalized spacial score (nSPS) is 12.2. The van der Waals surface area contributed by atoms with Gasteiger partial charge >= 0.3 is 0 Å². The van der Waals surface area contributed by atoms with Crippen molar-refractivity contribution >= 4 is 34.1 Å². The van der Waals surface area contributed by atoms with Crippen LogP contribution in [0, 0.1) is 0 Å². The third-order valence-electron chi connectivity index (χ3n) is 2.73. The van der Waals surface area contributed by atoms with Crippen molar-refractivity contribution in [2.24, 2.45) is 0 Å². The van der Waals surface area contributed by atoms with E-state index in [-0.39, 0.29) is 23.3 Å². The molecule has 0 bridgehead atoms. The standard InChI is InChI=1S/C13H17N5O3S2/c1-6(2)11-17-18-13(23-11)16-10(20)7(3)22-12-14-8(19)5-9(15-12)21-4/h5-7H,1-4H3,(H,14,15,19)(H,16,18,20). The summed E-state index contributed by atoms with van der Waals surface area (Å²) in [5.41, 5.74) is -0.336. The molecule has 124 valence electrons. The first-order chi connectivity index (χ1) is 10.9. The Bertz CT molecular complexity index is 743. The summed E-state index contributed by atoms with van der Waals surface area (Å²) >= 11 is 2.47. The summed E-state index contributed by atoms with van der Waals surface area (Å²) in [6.07, 6.45) is 0. The molecular weight excluding hydrogens is 338 g/mol. The number of nitrogens with zero attached hydrogens (tertiary/aromatic N) is 3. The maximum absolute atomic E-state index is 12.2. The zero-order valence-electron chi connectivity index (χ0n) is 13.1. The summed E-state index contributed by atoms with van der Waals surface area (Å²) in [6, 6.07) is 1.24. The van der Waals surface area contributed by atoms with Crippen LogP contribution in [0.3, 0.4) is 0 Å². The number of thioether (sulfide) groups is 1. The van der Waals surface area contributed by atoms with Gasteiger partial charge < -0.3 is 9.72 Å². The summed E-state index contributed by atoms with van der Waals surface area (Å²) in [6.45, 7) is 5.73. The minimum atomic E-state index is -0.475. The number of rotatable bonds is 6. The van der Waals surface area contributed by atoms with Crippen molar-refractivity contribution in [2.45, 2.75) is 37.1 Å². The van der Waals surface area contributed by atoms with Gasteiger partial charge in [-0.15, -0.1) is 10.2 Å². The van der Waals surface area contributed by atoms with Crippen molar-refractivity contribution in [3.8, 4) is 5.88 Å². The summed E-state index contributed by atoms with van der Waals surface area (Å²) in [4.78, 5) is 30.3. The Morgan fingerprint density at radius 2 is 2.13 bits per heavy atom. The first-order valence-corrected chi connectivity index (χ1v) is 8.55. The van der Waals surface area contributed by atoms with E-state index in [0.29, 0.717) is 10.3 Å². The lowest BCUT2D eigenvalue weighted by Crippen LogP contribution is -2.23. The molecule has 2 heterocycles. The van der Waals surface area contributed by atoms with E-state index in [4.69, 9.17) is 4.74 Å². The molecule has 2 rings (SSSR count). The number of anilines is 1. The molecule has 0 aromatic carbocycles. The summed E-state index contributed by atoms with van der Waals surface area (Å²) in [7, 11) is 1.42. The van der Waals surface area contributed by atoms with Crippen molar-refractivity contribution in [3.05, 3.63) is 21.4 Å². The van der Waals surface area contributed by atoms with Gasteiger partial charge in [0.05, 0.1) is 18.4 Å². The number of ether oxygens (including phenoxy) is 1. The third-order valence-corrected chi connectivity index (χ3v) is 4.85. The van der Waals surface area contributed by atoms with Gasteiger partial charge in [-0.25, -0.2) is 0 Å². The number of nitrogens with one attached hydrogen (secondary N) is 2. The van der Waals surface area contributed by atoms with Crippen LogP contribution in [0.25, 0.3) is 0 Å². The van der Waals surface area contributed by atoms with Crippen LogP contribution in [0.1, 0.15) is 31.7 Å². The van der Waals surface area contributed by atoms with Crippen LogP contribution in [0.2, 0.25) is 0 Å². The van der Waals surface area contributed by atoms with Crippen LogP contribution in [-0.4, -0.2) is 38.4 Å². The minimum Gasteiger partial charge on any atom is -0.481 e. The molecule has 0 aliphatic heterocycles. The molecule has 1 amide bonds. The van der Waals surface area contributed by atoms with Crippen molar-refractivity contribution in [1.82, 2.24) is 20.2 Å². The zero-order valence-corrected chi connectivity index (χ0v) is 14.7. The Morgan fingerprint density at radius 3 is 2.74 bits per heavy atom. The molecule has 0 fully saturated rings.